The Kier molecular flexibility index (Phi) is 8.81. The van der Waals surface area contributed by atoms with Gasteiger partial charge in [-0.05, 0) is 42.4 Å². The highest BCUT2D eigenvalue weighted by Crippen LogP contribution is 1.75. The summed E-state index contributed by atoms with van der Waals surface area (Å²) in [6.45, 7) is 8.00. The maximum atomic E-state index is 3.34. The molecule has 70 valence electrons. The van der Waals surface area contributed by atoms with E-state index in [1.54, 1.807) is 6.92 Å². The van der Waals surface area contributed by atoms with Crippen molar-refractivity contribution in [2.24, 2.45) is 0 Å². The van der Waals surface area contributed by atoms with Gasteiger partial charge >= 0.3 is 6.71 Å². The van der Waals surface area contributed by atoms with E-state index in [4.69, 9.17) is 0 Å². The molecule has 0 aromatic carbocycles. The molecule has 16 heavy (non-hydrogen) atoms. The molecule has 0 unspecified atom stereocenters. The normalized spacial score (nSPS) is 4.69. The number of hydrogen-bond acceptors (Lipinski definition) is 0. The lowest BCUT2D eigenvalue weighted by Gasteiger charge is -1.79. The molecule has 0 spiro atoms. The summed E-state index contributed by atoms with van der Waals surface area (Å²) < 4.78 is 0. The fourth-order valence-electron chi connectivity index (χ4n) is 0.584. The van der Waals surface area contributed by atoms with Gasteiger partial charge in [0.25, 0.3) is 0 Å². The monoisotopic (exact) mass is 198 g/mol. The van der Waals surface area contributed by atoms with Gasteiger partial charge in [-0.25, -0.2) is 0 Å². The van der Waals surface area contributed by atoms with E-state index in [0.29, 0.717) is 0 Å². The van der Waals surface area contributed by atoms with Crippen LogP contribution in [0.4, 0.5) is 0 Å². The van der Waals surface area contributed by atoms with E-state index in [9.17, 15) is 0 Å². The first kappa shape index (κ1) is 13.4. The second kappa shape index (κ2) is 10.5. The van der Waals surface area contributed by atoms with Crippen LogP contribution in [-0.2, 0) is 0 Å². The third-order valence-electron chi connectivity index (χ3n) is 1.14. The van der Waals surface area contributed by atoms with Gasteiger partial charge in [-0.1, -0.05) is 17.8 Å². The van der Waals surface area contributed by atoms with Gasteiger partial charge in [0.2, 0.25) is 0 Å². The Balaban J connectivity index is 4.90. The first-order chi connectivity index (χ1) is 7.85. The smallest absolute Gasteiger partial charge is 0.106 e. The Labute approximate surface area is 98.7 Å². The molecule has 0 amide bonds. The fourth-order valence-corrected chi connectivity index (χ4v) is 0.584. The van der Waals surface area contributed by atoms with E-state index >= 15 is 0 Å². The quantitative estimate of drug-likeness (QED) is 0.399. The standard InChI is InChI=1S/C15H7B/c1-4-7-10-13-16(14-11-8-5-2)15-12-9-6-3/h1-2H2,3H3. The van der Waals surface area contributed by atoms with Crippen LogP contribution >= 0.6 is 0 Å². The van der Waals surface area contributed by atoms with Crippen molar-refractivity contribution >= 4 is 6.71 Å². The third-order valence-corrected chi connectivity index (χ3v) is 1.14. The summed E-state index contributed by atoms with van der Waals surface area (Å²) in [6.07, 6.45) is 0. The average molecular weight is 198 g/mol. The molecule has 0 aliphatic heterocycles. The van der Waals surface area contributed by atoms with Gasteiger partial charge in [0.15, 0.2) is 0 Å². The minimum Gasteiger partial charge on any atom is -0.106 e. The van der Waals surface area contributed by atoms with Gasteiger partial charge < -0.3 is 0 Å². The summed E-state index contributed by atoms with van der Waals surface area (Å²) >= 11 is 0. The van der Waals surface area contributed by atoms with Crippen molar-refractivity contribution in [3.05, 3.63) is 13.8 Å². The summed E-state index contributed by atoms with van der Waals surface area (Å²) in [7, 11) is 0. The maximum absolute atomic E-state index is 3.34. The van der Waals surface area contributed by atoms with Crippen molar-refractivity contribution in [2.75, 3.05) is 0 Å². The molecule has 0 fully saturated rings. The van der Waals surface area contributed by atoms with Gasteiger partial charge in [0.05, 0.1) is 0 Å². The predicted molar refractivity (Wildman–Crippen MR) is 68.8 cm³/mol. The van der Waals surface area contributed by atoms with Crippen molar-refractivity contribution < 1.29 is 0 Å². The molecule has 0 aromatic heterocycles. The zero-order valence-electron chi connectivity index (χ0n) is 8.99. The Morgan fingerprint density at radius 2 is 1.12 bits per heavy atom. The van der Waals surface area contributed by atoms with Crippen LogP contribution in [0.25, 0.3) is 0 Å². The lowest BCUT2D eigenvalue weighted by Crippen LogP contribution is -2.03. The minimum atomic E-state index is -0.400. The van der Waals surface area contributed by atoms with Crippen molar-refractivity contribution in [1.29, 1.82) is 0 Å². The molecule has 0 aliphatic rings. The highest BCUT2D eigenvalue weighted by Gasteiger charge is 2.00. The van der Waals surface area contributed by atoms with Gasteiger partial charge in [-0.2, -0.15) is 0 Å². The van der Waals surface area contributed by atoms with E-state index < -0.39 is 6.71 Å². The van der Waals surface area contributed by atoms with Gasteiger partial charge in [-0.15, -0.1) is 17.5 Å². The van der Waals surface area contributed by atoms with Crippen LogP contribution in [0.5, 0.6) is 0 Å². The average Bonchev–Trinajstić information content (AvgIpc) is 2.29. The Morgan fingerprint density at radius 1 is 0.688 bits per heavy atom. The molecule has 0 saturated heterocycles. The molecule has 0 bridgehead atoms. The minimum absolute atomic E-state index is 0.400. The first-order valence-electron chi connectivity index (χ1n) is 4.32. The second-order valence-corrected chi connectivity index (χ2v) is 2.22. The van der Waals surface area contributed by atoms with Crippen LogP contribution in [0.15, 0.2) is 0 Å². The van der Waals surface area contributed by atoms with Crippen LogP contribution < -0.4 is 0 Å². The first-order valence-corrected chi connectivity index (χ1v) is 4.32. The molecule has 0 aromatic rings. The molecule has 0 aliphatic carbocycles. The van der Waals surface area contributed by atoms with Gasteiger partial charge in [-0.3, -0.25) is 0 Å². The molecule has 0 N–H and O–H groups in total. The fraction of sp³-hybridized carbons (Fsp3) is 0.0667. The van der Waals surface area contributed by atoms with E-state index in [1.165, 1.54) is 0 Å². The molecule has 0 atom stereocenters. The highest BCUT2D eigenvalue weighted by atomic mass is 13.6. The molecule has 0 saturated carbocycles. The zero-order chi connectivity index (χ0) is 12.1. The molecular formula is C15H7B. The van der Waals surface area contributed by atoms with E-state index in [1.807, 2.05) is 0 Å². The van der Waals surface area contributed by atoms with Gasteiger partial charge in [0.1, 0.15) is 0 Å². The van der Waals surface area contributed by atoms with E-state index in [0.717, 1.165) is 0 Å². The lowest BCUT2D eigenvalue weighted by molar-refractivity contribution is 1.92. The topological polar surface area (TPSA) is 0 Å². The van der Waals surface area contributed by atoms with Crippen molar-refractivity contribution in [3.8, 4) is 70.7 Å². The molecular weight excluding hydrogens is 191 g/mol. The van der Waals surface area contributed by atoms with Crippen molar-refractivity contribution in [2.45, 2.75) is 6.92 Å². The Hall–Kier alpha value is -2.58. The second-order valence-electron chi connectivity index (χ2n) is 2.22. The summed E-state index contributed by atoms with van der Waals surface area (Å²) in [6, 6.07) is 0. The van der Waals surface area contributed by atoms with Crippen LogP contribution in [0.1, 0.15) is 6.92 Å². The highest BCUT2D eigenvalue weighted by molar-refractivity contribution is 6.82. The van der Waals surface area contributed by atoms with Crippen molar-refractivity contribution in [1.82, 2.24) is 0 Å². The Bertz CT molecular complexity index is 494. The van der Waals surface area contributed by atoms with Crippen LogP contribution in [0.3, 0.4) is 0 Å². The van der Waals surface area contributed by atoms with E-state index in [-0.39, 0.29) is 0 Å². The summed E-state index contributed by atoms with van der Waals surface area (Å²) in [5.74, 6) is 31.3. The molecule has 0 nitrogen and oxygen atoms in total. The third kappa shape index (κ3) is 8.04. The van der Waals surface area contributed by atoms with E-state index in [2.05, 4.69) is 84.6 Å². The zero-order valence-corrected chi connectivity index (χ0v) is 8.99. The Morgan fingerprint density at radius 3 is 1.50 bits per heavy atom. The lowest BCUT2D eigenvalue weighted by atomic mass is 9.52. The summed E-state index contributed by atoms with van der Waals surface area (Å²) in [5, 5.41) is 0. The molecule has 0 rings (SSSR count). The van der Waals surface area contributed by atoms with Crippen molar-refractivity contribution in [3.63, 3.8) is 0 Å². The largest absolute Gasteiger partial charge is 0.398 e. The summed E-state index contributed by atoms with van der Waals surface area (Å²) in [4.78, 5) is 0. The predicted octanol–water partition coefficient (Wildman–Crippen LogP) is 0.807. The maximum Gasteiger partial charge on any atom is 0.398 e. The van der Waals surface area contributed by atoms with Crippen LogP contribution in [-0.4, -0.2) is 6.71 Å². The number of hydrogen-bond donors (Lipinski definition) is 0. The van der Waals surface area contributed by atoms with Gasteiger partial charge in [0, 0.05) is 13.8 Å². The molecule has 2 radical (unpaired) electrons. The summed E-state index contributed by atoms with van der Waals surface area (Å²) in [5.41, 5.74) is 0. The SMILES string of the molecule is [CH2]C#CC#CB(C#CC#C[CH2])C#CC#CC. The van der Waals surface area contributed by atoms with Crippen LogP contribution in [0.2, 0.25) is 0 Å². The molecule has 1 heteroatoms. The van der Waals surface area contributed by atoms with Crippen LogP contribution in [0, 0.1) is 84.6 Å². The molecule has 0 heterocycles. The number of rotatable bonds is 0.